The van der Waals surface area contributed by atoms with Gasteiger partial charge in [-0.25, -0.2) is 0 Å². The standard InChI is InChI=1S/C15H12ClNO3/c16-11-6-10(7-13(18)19)14(17)12(8-11)15(20)9-4-2-1-3-5-9/h1-6,8H,7,17H2,(H,18,19)/p-1. The first kappa shape index (κ1) is 14.1. The molecule has 5 heteroatoms. The van der Waals surface area contributed by atoms with Crippen molar-refractivity contribution in [1.82, 2.24) is 0 Å². The Balaban J connectivity index is 2.49. The Labute approximate surface area is 120 Å². The largest absolute Gasteiger partial charge is 0.550 e. The van der Waals surface area contributed by atoms with Gasteiger partial charge in [-0.1, -0.05) is 41.9 Å². The Morgan fingerprint density at radius 2 is 1.80 bits per heavy atom. The number of hydrogen-bond donors (Lipinski definition) is 1. The Hall–Kier alpha value is -2.33. The van der Waals surface area contributed by atoms with Gasteiger partial charge in [0.25, 0.3) is 0 Å². The molecule has 0 aliphatic rings. The van der Waals surface area contributed by atoms with Crippen LogP contribution < -0.4 is 10.8 Å². The molecule has 0 heterocycles. The molecule has 2 rings (SSSR count). The molecule has 0 aliphatic heterocycles. The van der Waals surface area contributed by atoms with Crippen LogP contribution >= 0.6 is 11.6 Å². The van der Waals surface area contributed by atoms with E-state index < -0.39 is 5.97 Å². The van der Waals surface area contributed by atoms with Gasteiger partial charge in [0.05, 0.1) is 0 Å². The summed E-state index contributed by atoms with van der Waals surface area (Å²) in [5.74, 6) is -1.58. The molecule has 2 aromatic carbocycles. The molecule has 0 saturated heterocycles. The van der Waals surface area contributed by atoms with Crippen molar-refractivity contribution in [3.63, 3.8) is 0 Å². The third-order valence-corrected chi connectivity index (χ3v) is 3.06. The molecule has 0 bridgehead atoms. The minimum Gasteiger partial charge on any atom is -0.550 e. The fourth-order valence-electron chi connectivity index (χ4n) is 1.91. The molecule has 0 saturated carbocycles. The van der Waals surface area contributed by atoms with Crippen LogP contribution in [0.2, 0.25) is 5.02 Å². The van der Waals surface area contributed by atoms with Crippen LogP contribution in [0.25, 0.3) is 0 Å². The van der Waals surface area contributed by atoms with Crippen molar-refractivity contribution in [3.8, 4) is 0 Å². The van der Waals surface area contributed by atoms with Crippen molar-refractivity contribution >= 4 is 29.0 Å². The van der Waals surface area contributed by atoms with Gasteiger partial charge in [0.15, 0.2) is 5.78 Å². The summed E-state index contributed by atoms with van der Waals surface area (Å²) in [5.41, 5.74) is 6.91. The van der Waals surface area contributed by atoms with Gasteiger partial charge in [-0.3, -0.25) is 4.79 Å². The minimum absolute atomic E-state index is 0.118. The van der Waals surface area contributed by atoms with E-state index in [1.54, 1.807) is 30.3 Å². The van der Waals surface area contributed by atoms with Crippen molar-refractivity contribution in [2.24, 2.45) is 0 Å². The van der Waals surface area contributed by atoms with Crippen molar-refractivity contribution in [2.45, 2.75) is 6.42 Å². The Bertz CT molecular complexity index is 668. The van der Waals surface area contributed by atoms with Crippen LogP contribution in [-0.4, -0.2) is 11.8 Å². The zero-order valence-electron chi connectivity index (χ0n) is 10.4. The van der Waals surface area contributed by atoms with E-state index >= 15 is 0 Å². The normalized spacial score (nSPS) is 10.2. The lowest BCUT2D eigenvalue weighted by Gasteiger charge is -2.12. The molecular formula is C15H11ClNO3-. The first-order valence-electron chi connectivity index (χ1n) is 5.86. The maximum Gasteiger partial charge on any atom is 0.195 e. The number of ketones is 1. The highest BCUT2D eigenvalue weighted by atomic mass is 35.5. The van der Waals surface area contributed by atoms with Gasteiger partial charge >= 0.3 is 0 Å². The predicted octanol–water partition coefficient (Wildman–Crippen LogP) is 1.45. The van der Waals surface area contributed by atoms with Crippen molar-refractivity contribution in [1.29, 1.82) is 0 Å². The molecule has 2 N–H and O–H groups in total. The number of rotatable bonds is 4. The highest BCUT2D eigenvalue weighted by Crippen LogP contribution is 2.26. The maximum atomic E-state index is 12.4. The minimum atomic E-state index is -1.28. The second kappa shape index (κ2) is 5.75. The van der Waals surface area contributed by atoms with Gasteiger partial charge in [0.2, 0.25) is 0 Å². The quantitative estimate of drug-likeness (QED) is 0.682. The summed E-state index contributed by atoms with van der Waals surface area (Å²) in [7, 11) is 0. The number of aliphatic carboxylic acids is 1. The zero-order chi connectivity index (χ0) is 14.7. The first-order chi connectivity index (χ1) is 9.49. The number of anilines is 1. The molecule has 20 heavy (non-hydrogen) atoms. The average Bonchev–Trinajstić information content (AvgIpc) is 2.42. The van der Waals surface area contributed by atoms with E-state index in [4.69, 9.17) is 17.3 Å². The number of carboxylic acid groups (broad SMARTS) is 1. The van der Waals surface area contributed by atoms with Gasteiger partial charge in [0.1, 0.15) is 0 Å². The van der Waals surface area contributed by atoms with Crippen molar-refractivity contribution < 1.29 is 14.7 Å². The van der Waals surface area contributed by atoms with E-state index in [9.17, 15) is 14.7 Å². The third kappa shape index (κ3) is 2.97. The van der Waals surface area contributed by atoms with Crippen LogP contribution in [0.1, 0.15) is 21.5 Å². The van der Waals surface area contributed by atoms with Gasteiger partial charge < -0.3 is 15.6 Å². The third-order valence-electron chi connectivity index (χ3n) is 2.85. The Morgan fingerprint density at radius 1 is 1.15 bits per heavy atom. The number of benzene rings is 2. The number of nitrogen functional groups attached to an aromatic ring is 1. The monoisotopic (exact) mass is 288 g/mol. The topological polar surface area (TPSA) is 83.2 Å². The highest BCUT2D eigenvalue weighted by molar-refractivity contribution is 6.31. The van der Waals surface area contributed by atoms with Gasteiger partial charge in [0, 0.05) is 34.2 Å². The summed E-state index contributed by atoms with van der Waals surface area (Å²) < 4.78 is 0. The molecule has 2 aromatic rings. The molecule has 4 nitrogen and oxygen atoms in total. The van der Waals surface area contributed by atoms with E-state index in [1.165, 1.54) is 12.1 Å². The predicted molar refractivity (Wildman–Crippen MR) is 74.4 cm³/mol. The van der Waals surface area contributed by atoms with Crippen molar-refractivity contribution in [2.75, 3.05) is 5.73 Å². The average molecular weight is 289 g/mol. The van der Waals surface area contributed by atoms with Crippen molar-refractivity contribution in [3.05, 3.63) is 64.2 Å². The number of halogens is 1. The number of carboxylic acids is 1. The molecular weight excluding hydrogens is 278 g/mol. The van der Waals surface area contributed by atoms with Crippen LogP contribution in [0.15, 0.2) is 42.5 Å². The first-order valence-corrected chi connectivity index (χ1v) is 6.24. The lowest BCUT2D eigenvalue weighted by molar-refractivity contribution is -0.304. The fraction of sp³-hybridized carbons (Fsp3) is 0.0667. The Morgan fingerprint density at radius 3 is 2.40 bits per heavy atom. The Kier molecular flexibility index (Phi) is 4.05. The van der Waals surface area contributed by atoms with Gasteiger partial charge in [-0.05, 0) is 17.7 Å². The molecule has 102 valence electrons. The summed E-state index contributed by atoms with van der Waals surface area (Å²) in [6.45, 7) is 0. The highest BCUT2D eigenvalue weighted by Gasteiger charge is 2.16. The number of nitrogens with two attached hydrogens (primary N) is 1. The maximum absolute atomic E-state index is 12.4. The van der Waals surface area contributed by atoms with E-state index in [1.807, 2.05) is 0 Å². The van der Waals surface area contributed by atoms with E-state index in [0.717, 1.165) is 0 Å². The molecule has 0 fully saturated rings. The molecule has 0 radical (unpaired) electrons. The summed E-state index contributed by atoms with van der Waals surface area (Å²) in [6, 6.07) is 11.4. The summed E-state index contributed by atoms with van der Waals surface area (Å²) in [5, 5.41) is 10.9. The second-order valence-corrected chi connectivity index (χ2v) is 4.71. The lowest BCUT2D eigenvalue weighted by atomic mass is 9.98. The van der Waals surface area contributed by atoms with Crippen LogP contribution in [-0.2, 0) is 11.2 Å². The summed E-state index contributed by atoms with van der Waals surface area (Å²) >= 11 is 5.92. The number of carbonyl (C=O) groups excluding carboxylic acids is 2. The number of carbonyl (C=O) groups is 2. The van der Waals surface area contributed by atoms with E-state index in [0.29, 0.717) is 5.56 Å². The molecule has 0 aromatic heterocycles. The second-order valence-electron chi connectivity index (χ2n) is 4.27. The molecule has 0 amide bonds. The van der Waals surface area contributed by atoms with Crippen LogP contribution in [0, 0.1) is 0 Å². The van der Waals surface area contributed by atoms with Gasteiger partial charge in [-0.2, -0.15) is 0 Å². The smallest absolute Gasteiger partial charge is 0.195 e. The van der Waals surface area contributed by atoms with Crippen LogP contribution in [0.5, 0.6) is 0 Å². The van der Waals surface area contributed by atoms with E-state index in [2.05, 4.69) is 0 Å². The van der Waals surface area contributed by atoms with Crippen LogP contribution in [0.4, 0.5) is 5.69 Å². The summed E-state index contributed by atoms with van der Waals surface area (Å²) in [6.07, 6.45) is -0.387. The van der Waals surface area contributed by atoms with Crippen LogP contribution in [0.3, 0.4) is 0 Å². The zero-order valence-corrected chi connectivity index (χ0v) is 11.2. The summed E-state index contributed by atoms with van der Waals surface area (Å²) in [4.78, 5) is 23.0. The molecule has 0 atom stereocenters. The van der Waals surface area contributed by atoms with Gasteiger partial charge in [-0.15, -0.1) is 0 Å². The number of hydrogen-bond acceptors (Lipinski definition) is 4. The van der Waals surface area contributed by atoms with E-state index in [-0.39, 0.29) is 34.0 Å². The molecule has 0 aliphatic carbocycles. The molecule has 0 unspecified atom stereocenters. The lowest BCUT2D eigenvalue weighted by Crippen LogP contribution is -2.25. The molecule has 0 spiro atoms. The fourth-order valence-corrected chi connectivity index (χ4v) is 2.15. The SMILES string of the molecule is Nc1c(CC(=O)[O-])cc(Cl)cc1C(=O)c1ccccc1.